The molecule has 0 atom stereocenters. The molecule has 0 aliphatic rings. The van der Waals surface area contributed by atoms with Gasteiger partial charge in [-0.1, -0.05) is 27.7 Å². The van der Waals surface area contributed by atoms with Gasteiger partial charge in [-0.2, -0.15) is 0 Å². The molecular weight excluding hydrogens is 286 g/mol. The maximum absolute atomic E-state index is 12.4. The summed E-state index contributed by atoms with van der Waals surface area (Å²) in [6.45, 7) is 12.8. The van der Waals surface area contributed by atoms with Crippen LogP contribution in [0, 0.1) is 12.8 Å². The van der Waals surface area contributed by atoms with Crippen molar-refractivity contribution in [3.05, 3.63) is 23.3 Å². The summed E-state index contributed by atoms with van der Waals surface area (Å²) in [6.07, 6.45) is 0. The molecule has 0 fully saturated rings. The molecule has 0 aromatic heterocycles. The van der Waals surface area contributed by atoms with Crippen LogP contribution in [0.4, 0.5) is 0 Å². The lowest BCUT2D eigenvalue weighted by Crippen LogP contribution is -2.28. The first-order chi connectivity index (χ1) is 9.69. The topological polar surface area (TPSA) is 55.4 Å². The van der Waals surface area contributed by atoms with Crippen molar-refractivity contribution < 1.29 is 13.2 Å². The maximum atomic E-state index is 12.4. The molecule has 0 heterocycles. The molecule has 21 heavy (non-hydrogen) atoms. The summed E-state index contributed by atoms with van der Waals surface area (Å²) in [4.78, 5) is 0.343. The largest absolute Gasteiger partial charge is 0.494 e. The van der Waals surface area contributed by atoms with Crippen molar-refractivity contribution in [1.29, 1.82) is 0 Å². The Labute approximate surface area is 129 Å². The molecule has 1 aromatic rings. The minimum Gasteiger partial charge on any atom is -0.494 e. The van der Waals surface area contributed by atoms with Crippen molar-refractivity contribution in [2.45, 2.75) is 52.4 Å². The minimum absolute atomic E-state index is 0.200. The molecule has 0 saturated heterocycles. The zero-order chi connectivity index (χ0) is 16.2. The Morgan fingerprint density at radius 2 is 1.81 bits per heavy atom. The summed E-state index contributed by atoms with van der Waals surface area (Å²) in [5.74, 6) is 1.24. The Hall–Kier alpha value is -1.07. The number of hydrogen-bond donors (Lipinski definition) is 1. The SMILES string of the molecule is CCOc1cc(C)c(S(=O)(=O)NCC(C)C)cc1C(C)C. The second-order valence-corrected chi connectivity index (χ2v) is 7.72. The van der Waals surface area contributed by atoms with Gasteiger partial charge >= 0.3 is 0 Å². The standard InChI is InChI=1S/C16H27NO3S/c1-7-20-15-8-13(6)16(9-14(15)12(4)5)21(18,19)17-10-11(2)3/h8-9,11-12,17H,7,10H2,1-6H3. The van der Waals surface area contributed by atoms with E-state index in [-0.39, 0.29) is 11.8 Å². The highest BCUT2D eigenvalue weighted by atomic mass is 32.2. The van der Waals surface area contributed by atoms with E-state index in [1.165, 1.54) is 0 Å². The smallest absolute Gasteiger partial charge is 0.240 e. The Balaban J connectivity index is 3.27. The number of aryl methyl sites for hydroxylation is 1. The van der Waals surface area contributed by atoms with E-state index in [0.717, 1.165) is 11.3 Å². The van der Waals surface area contributed by atoms with Crippen molar-refractivity contribution in [2.75, 3.05) is 13.2 Å². The fourth-order valence-electron chi connectivity index (χ4n) is 2.05. The Kier molecular flexibility index (Phi) is 6.23. The first kappa shape index (κ1) is 18.0. The fraction of sp³-hybridized carbons (Fsp3) is 0.625. The zero-order valence-electron chi connectivity index (χ0n) is 13.9. The Morgan fingerprint density at radius 3 is 2.29 bits per heavy atom. The summed E-state index contributed by atoms with van der Waals surface area (Å²) in [7, 11) is -3.48. The lowest BCUT2D eigenvalue weighted by Gasteiger charge is -2.18. The molecule has 0 bridgehead atoms. The molecule has 0 amide bonds. The second kappa shape index (κ2) is 7.27. The number of nitrogens with one attached hydrogen (secondary N) is 1. The van der Waals surface area contributed by atoms with Gasteiger partial charge in [-0.25, -0.2) is 13.1 Å². The highest BCUT2D eigenvalue weighted by molar-refractivity contribution is 7.89. The Bertz CT molecular complexity index is 577. The van der Waals surface area contributed by atoms with Crippen LogP contribution in [0.25, 0.3) is 0 Å². The monoisotopic (exact) mass is 313 g/mol. The molecular formula is C16H27NO3S. The molecule has 120 valence electrons. The van der Waals surface area contributed by atoms with E-state index in [9.17, 15) is 8.42 Å². The summed E-state index contributed by atoms with van der Waals surface area (Å²) in [5, 5.41) is 0. The molecule has 0 saturated carbocycles. The van der Waals surface area contributed by atoms with E-state index in [2.05, 4.69) is 4.72 Å². The van der Waals surface area contributed by atoms with Crippen molar-refractivity contribution in [1.82, 2.24) is 4.72 Å². The van der Waals surface area contributed by atoms with Crippen LogP contribution in [-0.2, 0) is 10.0 Å². The first-order valence-electron chi connectivity index (χ1n) is 7.46. The van der Waals surface area contributed by atoms with Crippen molar-refractivity contribution in [3.63, 3.8) is 0 Å². The van der Waals surface area contributed by atoms with Crippen LogP contribution >= 0.6 is 0 Å². The number of sulfonamides is 1. The van der Waals surface area contributed by atoms with Crippen LogP contribution in [-0.4, -0.2) is 21.6 Å². The van der Waals surface area contributed by atoms with Gasteiger partial charge in [0.1, 0.15) is 5.75 Å². The zero-order valence-corrected chi connectivity index (χ0v) is 14.7. The fourth-order valence-corrected chi connectivity index (χ4v) is 3.53. The average molecular weight is 313 g/mol. The van der Waals surface area contributed by atoms with E-state index in [4.69, 9.17) is 4.74 Å². The van der Waals surface area contributed by atoms with Gasteiger partial charge < -0.3 is 4.74 Å². The van der Waals surface area contributed by atoms with Gasteiger partial charge in [-0.05, 0) is 48.9 Å². The third-order valence-corrected chi connectivity index (χ3v) is 4.77. The number of ether oxygens (including phenoxy) is 1. The van der Waals surface area contributed by atoms with Gasteiger partial charge in [0.2, 0.25) is 10.0 Å². The first-order valence-corrected chi connectivity index (χ1v) is 8.94. The lowest BCUT2D eigenvalue weighted by atomic mass is 10.0. The van der Waals surface area contributed by atoms with Gasteiger partial charge in [-0.3, -0.25) is 0 Å². The molecule has 1 aromatic carbocycles. The van der Waals surface area contributed by atoms with E-state index < -0.39 is 10.0 Å². The number of rotatable bonds is 7. The highest BCUT2D eigenvalue weighted by Crippen LogP contribution is 2.31. The average Bonchev–Trinajstić information content (AvgIpc) is 2.36. The third kappa shape index (κ3) is 4.71. The highest BCUT2D eigenvalue weighted by Gasteiger charge is 2.21. The van der Waals surface area contributed by atoms with Crippen LogP contribution in [0.15, 0.2) is 17.0 Å². The molecule has 4 nitrogen and oxygen atoms in total. The van der Waals surface area contributed by atoms with Gasteiger partial charge in [-0.15, -0.1) is 0 Å². The van der Waals surface area contributed by atoms with Crippen molar-refractivity contribution in [3.8, 4) is 5.75 Å². The molecule has 1 N–H and O–H groups in total. The maximum Gasteiger partial charge on any atom is 0.240 e. The lowest BCUT2D eigenvalue weighted by molar-refractivity contribution is 0.334. The van der Waals surface area contributed by atoms with Crippen LogP contribution in [0.5, 0.6) is 5.75 Å². The van der Waals surface area contributed by atoms with E-state index >= 15 is 0 Å². The van der Waals surface area contributed by atoms with Crippen LogP contribution in [0.1, 0.15) is 51.7 Å². The van der Waals surface area contributed by atoms with Gasteiger partial charge in [0, 0.05) is 6.54 Å². The summed E-state index contributed by atoms with van der Waals surface area (Å²) >= 11 is 0. The molecule has 0 aliphatic heterocycles. The predicted octanol–water partition coefficient (Wildman–Crippen LogP) is 3.45. The third-order valence-electron chi connectivity index (χ3n) is 3.20. The summed E-state index contributed by atoms with van der Waals surface area (Å²) in [5.41, 5.74) is 1.63. The van der Waals surface area contributed by atoms with Crippen molar-refractivity contribution in [2.24, 2.45) is 5.92 Å². The van der Waals surface area contributed by atoms with Gasteiger partial charge in [0.15, 0.2) is 0 Å². The molecule has 0 unspecified atom stereocenters. The van der Waals surface area contributed by atoms with E-state index in [0.29, 0.717) is 23.6 Å². The second-order valence-electron chi connectivity index (χ2n) is 5.99. The molecule has 0 spiro atoms. The predicted molar refractivity (Wildman–Crippen MR) is 86.5 cm³/mol. The molecule has 0 radical (unpaired) electrons. The van der Waals surface area contributed by atoms with Crippen molar-refractivity contribution >= 4 is 10.0 Å². The van der Waals surface area contributed by atoms with Gasteiger partial charge in [0.05, 0.1) is 11.5 Å². The van der Waals surface area contributed by atoms with Crippen LogP contribution in [0.2, 0.25) is 0 Å². The van der Waals surface area contributed by atoms with Gasteiger partial charge in [0.25, 0.3) is 0 Å². The quantitative estimate of drug-likeness (QED) is 0.839. The summed E-state index contributed by atoms with van der Waals surface area (Å²) in [6, 6.07) is 3.57. The van der Waals surface area contributed by atoms with Crippen LogP contribution < -0.4 is 9.46 Å². The molecule has 0 aliphatic carbocycles. The van der Waals surface area contributed by atoms with E-state index in [1.807, 2.05) is 40.7 Å². The Morgan fingerprint density at radius 1 is 1.19 bits per heavy atom. The summed E-state index contributed by atoms with van der Waals surface area (Å²) < 4.78 is 33.2. The molecule has 1 rings (SSSR count). The number of benzene rings is 1. The molecule has 5 heteroatoms. The minimum atomic E-state index is -3.48. The number of hydrogen-bond acceptors (Lipinski definition) is 3. The normalized spacial score (nSPS) is 12.2. The van der Waals surface area contributed by atoms with Crippen LogP contribution in [0.3, 0.4) is 0 Å². The van der Waals surface area contributed by atoms with E-state index in [1.54, 1.807) is 13.0 Å².